The first-order valence-corrected chi connectivity index (χ1v) is 7.34. The molecule has 0 aliphatic heterocycles. The Morgan fingerprint density at radius 3 is 2.43 bits per heavy atom. The Morgan fingerprint density at radius 2 is 1.81 bits per heavy atom. The van der Waals surface area contributed by atoms with Crippen LogP contribution in [0.15, 0.2) is 54.6 Å². The quantitative estimate of drug-likeness (QED) is 0.748. The molecule has 1 saturated carbocycles. The molecule has 1 aliphatic rings. The maximum absolute atomic E-state index is 12.1. The van der Waals surface area contributed by atoms with Crippen molar-refractivity contribution in [3.63, 3.8) is 0 Å². The monoisotopic (exact) mass is 294 g/mol. The summed E-state index contributed by atoms with van der Waals surface area (Å²) in [7, 11) is 0. The van der Waals surface area contributed by atoms with Crippen LogP contribution in [0, 0.1) is 17.3 Å². The zero-order valence-corrected chi connectivity index (χ0v) is 12.5. The maximum atomic E-state index is 12.1. The fraction of sp³-hybridized carbons (Fsp3) is 0.211. The number of carbonyl (C=O) groups excluding carboxylic acids is 1. The number of hydrogen-bond donors (Lipinski definition) is 0. The molecule has 0 radical (unpaired) electrons. The Bertz CT molecular complexity index is 722. The van der Waals surface area contributed by atoms with Gasteiger partial charge in [0.25, 0.3) is 0 Å². The van der Waals surface area contributed by atoms with Crippen molar-refractivity contribution in [1.82, 2.24) is 0 Å². The second kappa shape index (κ2) is 5.39. The van der Waals surface area contributed by atoms with Gasteiger partial charge >= 0.3 is 0 Å². The van der Waals surface area contributed by atoms with Gasteiger partial charge in [-0.15, -0.1) is 0 Å². The van der Waals surface area contributed by atoms with Gasteiger partial charge in [0.2, 0.25) is 0 Å². The summed E-state index contributed by atoms with van der Waals surface area (Å²) in [4.78, 5) is 12.1. The zero-order valence-electron chi connectivity index (χ0n) is 11.8. The van der Waals surface area contributed by atoms with Crippen LogP contribution in [0.25, 0.3) is 0 Å². The van der Waals surface area contributed by atoms with Gasteiger partial charge in [0.15, 0.2) is 0 Å². The van der Waals surface area contributed by atoms with Gasteiger partial charge in [0.05, 0.1) is 5.41 Å². The van der Waals surface area contributed by atoms with E-state index in [1.807, 2.05) is 54.6 Å². The van der Waals surface area contributed by atoms with E-state index >= 15 is 0 Å². The van der Waals surface area contributed by atoms with Gasteiger partial charge in [-0.25, -0.2) is 0 Å². The lowest BCUT2D eigenvalue weighted by molar-refractivity contribution is -0.120. The van der Waals surface area contributed by atoms with Gasteiger partial charge in [-0.2, -0.15) is 0 Å². The number of ketones is 1. The summed E-state index contributed by atoms with van der Waals surface area (Å²) < 4.78 is 0. The number of rotatable bonds is 2. The van der Waals surface area contributed by atoms with Crippen LogP contribution in [-0.4, -0.2) is 5.78 Å². The lowest BCUT2D eigenvalue weighted by atomic mass is 9.95. The van der Waals surface area contributed by atoms with Crippen LogP contribution in [0.4, 0.5) is 0 Å². The van der Waals surface area contributed by atoms with E-state index in [4.69, 9.17) is 11.6 Å². The molecule has 3 rings (SSSR count). The van der Waals surface area contributed by atoms with Gasteiger partial charge in [-0.1, -0.05) is 53.8 Å². The first-order chi connectivity index (χ1) is 10.1. The summed E-state index contributed by atoms with van der Waals surface area (Å²) in [5, 5.41) is 0.711. The van der Waals surface area contributed by atoms with Crippen LogP contribution in [-0.2, 0) is 4.79 Å². The molecule has 2 unspecified atom stereocenters. The van der Waals surface area contributed by atoms with E-state index in [2.05, 4.69) is 11.8 Å². The van der Waals surface area contributed by atoms with Gasteiger partial charge in [-0.3, -0.25) is 4.79 Å². The minimum atomic E-state index is -0.524. The molecule has 21 heavy (non-hydrogen) atoms. The van der Waals surface area contributed by atoms with Crippen LogP contribution in [0.5, 0.6) is 0 Å². The van der Waals surface area contributed by atoms with Crippen molar-refractivity contribution in [3.8, 4) is 11.8 Å². The molecule has 2 heteroatoms. The van der Waals surface area contributed by atoms with E-state index in [0.29, 0.717) is 5.02 Å². The molecule has 2 atom stereocenters. The second-order valence-electron chi connectivity index (χ2n) is 5.45. The number of hydrogen-bond acceptors (Lipinski definition) is 1. The summed E-state index contributed by atoms with van der Waals surface area (Å²) in [6.07, 6.45) is 0.795. The van der Waals surface area contributed by atoms with E-state index in [1.54, 1.807) is 6.92 Å². The van der Waals surface area contributed by atoms with E-state index in [1.165, 1.54) is 0 Å². The lowest BCUT2D eigenvalue weighted by Gasteiger charge is -2.06. The van der Waals surface area contributed by atoms with Crippen LogP contribution < -0.4 is 0 Å². The molecule has 1 fully saturated rings. The summed E-state index contributed by atoms with van der Waals surface area (Å²) >= 11 is 5.92. The van der Waals surface area contributed by atoms with Gasteiger partial charge in [0.1, 0.15) is 5.78 Å². The predicted octanol–water partition coefficient (Wildman–Crippen LogP) is 4.45. The molecular formula is C19H15ClO. The first kappa shape index (κ1) is 13.9. The standard InChI is InChI=1S/C19H15ClO/c1-14(21)19(12-11-15-5-3-2-4-6-15)13-18(19)16-7-9-17(20)10-8-16/h2-10,18H,13H2,1H3. The summed E-state index contributed by atoms with van der Waals surface area (Å²) in [6.45, 7) is 1.63. The van der Waals surface area contributed by atoms with E-state index in [0.717, 1.165) is 17.5 Å². The molecule has 0 saturated heterocycles. The van der Waals surface area contributed by atoms with Crippen molar-refractivity contribution in [1.29, 1.82) is 0 Å². The van der Waals surface area contributed by atoms with Gasteiger partial charge in [0, 0.05) is 16.5 Å². The van der Waals surface area contributed by atoms with Crippen molar-refractivity contribution >= 4 is 17.4 Å². The molecule has 0 amide bonds. The van der Waals surface area contributed by atoms with Crippen molar-refractivity contribution < 1.29 is 4.79 Å². The number of Topliss-reactive ketones (excluding diaryl/α,β-unsaturated/α-hetero) is 1. The fourth-order valence-corrected chi connectivity index (χ4v) is 2.81. The Labute approximate surface area is 130 Å². The fourth-order valence-electron chi connectivity index (χ4n) is 2.68. The molecule has 2 aromatic carbocycles. The molecule has 1 nitrogen and oxygen atoms in total. The van der Waals surface area contributed by atoms with Gasteiger partial charge in [-0.05, 0) is 43.2 Å². The van der Waals surface area contributed by atoms with E-state index < -0.39 is 5.41 Å². The summed E-state index contributed by atoms with van der Waals surface area (Å²) in [5.74, 6) is 6.69. The normalized spacial score (nSPS) is 23.0. The first-order valence-electron chi connectivity index (χ1n) is 6.96. The highest BCUT2D eigenvalue weighted by Crippen LogP contribution is 2.59. The predicted molar refractivity (Wildman–Crippen MR) is 85.2 cm³/mol. The van der Waals surface area contributed by atoms with Gasteiger partial charge < -0.3 is 0 Å². The third-order valence-corrected chi connectivity index (χ3v) is 4.32. The van der Waals surface area contributed by atoms with Crippen molar-refractivity contribution in [2.75, 3.05) is 0 Å². The summed E-state index contributed by atoms with van der Waals surface area (Å²) in [6, 6.07) is 17.5. The van der Waals surface area contributed by atoms with Crippen molar-refractivity contribution in [2.45, 2.75) is 19.3 Å². The Kier molecular flexibility index (Phi) is 3.57. The van der Waals surface area contributed by atoms with Crippen LogP contribution in [0.1, 0.15) is 30.4 Å². The second-order valence-corrected chi connectivity index (χ2v) is 5.89. The SMILES string of the molecule is CC(=O)C1(C#Cc2ccccc2)CC1c1ccc(Cl)cc1. The molecular weight excluding hydrogens is 280 g/mol. The Morgan fingerprint density at radius 1 is 1.14 bits per heavy atom. The van der Waals surface area contributed by atoms with E-state index in [9.17, 15) is 4.79 Å². The molecule has 0 bridgehead atoms. The molecule has 0 heterocycles. The highest BCUT2D eigenvalue weighted by atomic mass is 35.5. The average molecular weight is 295 g/mol. The molecule has 0 aromatic heterocycles. The number of halogens is 1. The third-order valence-electron chi connectivity index (χ3n) is 4.07. The molecule has 2 aromatic rings. The van der Waals surface area contributed by atoms with Crippen LogP contribution >= 0.6 is 11.6 Å². The average Bonchev–Trinajstić information content (AvgIpc) is 3.23. The Hall–Kier alpha value is -2.04. The molecule has 0 N–H and O–H groups in total. The van der Waals surface area contributed by atoms with Crippen LogP contribution in [0.2, 0.25) is 5.02 Å². The number of benzene rings is 2. The Balaban J connectivity index is 1.89. The highest BCUT2D eigenvalue weighted by molar-refractivity contribution is 6.30. The highest BCUT2D eigenvalue weighted by Gasteiger charge is 2.57. The largest absolute Gasteiger partial charge is 0.298 e. The maximum Gasteiger partial charge on any atom is 0.148 e. The minimum Gasteiger partial charge on any atom is -0.298 e. The van der Waals surface area contributed by atoms with E-state index in [-0.39, 0.29) is 11.7 Å². The topological polar surface area (TPSA) is 17.1 Å². The minimum absolute atomic E-state index is 0.144. The number of carbonyl (C=O) groups is 1. The smallest absolute Gasteiger partial charge is 0.148 e. The van der Waals surface area contributed by atoms with Crippen LogP contribution in [0.3, 0.4) is 0 Å². The molecule has 104 valence electrons. The van der Waals surface area contributed by atoms with Crippen molar-refractivity contribution in [3.05, 3.63) is 70.7 Å². The third kappa shape index (κ3) is 2.73. The molecule has 0 spiro atoms. The van der Waals surface area contributed by atoms with Crippen molar-refractivity contribution in [2.24, 2.45) is 5.41 Å². The molecule has 1 aliphatic carbocycles. The zero-order chi connectivity index (χ0) is 14.9. The summed E-state index contributed by atoms with van der Waals surface area (Å²) in [5.41, 5.74) is 1.56. The lowest BCUT2D eigenvalue weighted by Crippen LogP contribution is -2.12.